The molecule has 0 spiro atoms. The number of anilines is 1. The molecule has 1 aromatic carbocycles. The molecule has 1 aromatic heterocycles. The predicted molar refractivity (Wildman–Crippen MR) is 127 cm³/mol. The fourth-order valence-corrected chi connectivity index (χ4v) is 5.22. The number of carbonyl (C=O) groups excluding carboxylic acids is 1. The molecule has 1 saturated heterocycles. The van der Waals surface area contributed by atoms with Crippen molar-refractivity contribution < 1.29 is 13.2 Å². The van der Waals surface area contributed by atoms with Crippen LogP contribution in [0.3, 0.4) is 0 Å². The molecule has 1 N–H and O–H groups in total. The van der Waals surface area contributed by atoms with Crippen molar-refractivity contribution in [2.24, 2.45) is 0 Å². The maximum atomic E-state index is 13.0. The van der Waals surface area contributed by atoms with Crippen molar-refractivity contribution >= 4 is 21.7 Å². The van der Waals surface area contributed by atoms with E-state index in [-0.39, 0.29) is 11.9 Å². The van der Waals surface area contributed by atoms with Gasteiger partial charge in [-0.2, -0.15) is 0 Å². The Labute approximate surface area is 190 Å². The maximum absolute atomic E-state index is 13.0. The quantitative estimate of drug-likeness (QED) is 0.722. The van der Waals surface area contributed by atoms with Crippen molar-refractivity contribution in [3.8, 4) is 0 Å². The lowest BCUT2D eigenvalue weighted by Crippen LogP contribution is -2.49. The average molecular weight is 457 g/mol. The molecule has 172 valence electrons. The normalized spacial score (nSPS) is 18.0. The largest absolute Gasteiger partial charge is 0.353 e. The third kappa shape index (κ3) is 4.96. The van der Waals surface area contributed by atoms with E-state index < -0.39 is 10.0 Å². The Morgan fingerprint density at radius 3 is 2.25 bits per heavy atom. The molecule has 2 fully saturated rings. The number of nitrogens with one attached hydrogen (secondary N) is 1. The zero-order valence-corrected chi connectivity index (χ0v) is 20.1. The summed E-state index contributed by atoms with van der Waals surface area (Å²) in [5, 5.41) is 0. The summed E-state index contributed by atoms with van der Waals surface area (Å²) in [4.78, 5) is 21.9. The molecule has 2 aliphatic rings. The van der Waals surface area contributed by atoms with Crippen LogP contribution in [0.5, 0.6) is 0 Å². The molecule has 8 heteroatoms. The Morgan fingerprint density at radius 1 is 1.06 bits per heavy atom. The van der Waals surface area contributed by atoms with E-state index in [1.165, 1.54) is 29.5 Å². The zero-order chi connectivity index (χ0) is 23.0. The zero-order valence-electron chi connectivity index (χ0n) is 19.3. The molecule has 4 rings (SSSR count). The van der Waals surface area contributed by atoms with Crippen LogP contribution in [0, 0.1) is 13.8 Å². The number of nitrogens with zero attached hydrogens (tertiary/aromatic N) is 3. The number of aromatic nitrogens is 1. The van der Waals surface area contributed by atoms with Crippen molar-refractivity contribution in [2.75, 3.05) is 37.3 Å². The minimum atomic E-state index is -3.29. The molecule has 7 nitrogen and oxygen atoms in total. The molecule has 1 atom stereocenters. The highest BCUT2D eigenvalue weighted by Crippen LogP contribution is 2.42. The number of piperazine rings is 1. The second-order valence-corrected chi connectivity index (χ2v) is 10.9. The highest BCUT2D eigenvalue weighted by atomic mass is 32.2. The van der Waals surface area contributed by atoms with E-state index in [0.717, 1.165) is 30.7 Å². The molecule has 0 bridgehead atoms. The molecule has 1 amide bonds. The Morgan fingerprint density at radius 2 is 1.69 bits per heavy atom. The lowest BCUT2D eigenvalue weighted by atomic mass is 10.0. The molecule has 32 heavy (non-hydrogen) atoms. The van der Waals surface area contributed by atoms with Crippen LogP contribution < -0.4 is 9.62 Å². The fourth-order valence-electron chi connectivity index (χ4n) is 4.44. The first-order chi connectivity index (χ1) is 15.1. The van der Waals surface area contributed by atoms with Gasteiger partial charge in [-0.3, -0.25) is 4.79 Å². The highest BCUT2D eigenvalue weighted by molar-refractivity contribution is 7.88. The summed E-state index contributed by atoms with van der Waals surface area (Å²) in [5.41, 5.74) is 5.44. The van der Waals surface area contributed by atoms with Gasteiger partial charge in [0.1, 0.15) is 5.82 Å². The monoisotopic (exact) mass is 456 g/mol. The summed E-state index contributed by atoms with van der Waals surface area (Å²) in [6, 6.07) is 6.82. The van der Waals surface area contributed by atoms with Gasteiger partial charge in [0.15, 0.2) is 0 Å². The van der Waals surface area contributed by atoms with Crippen molar-refractivity contribution in [2.45, 2.75) is 45.6 Å². The van der Waals surface area contributed by atoms with Crippen molar-refractivity contribution in [3.05, 3.63) is 58.3 Å². The minimum absolute atomic E-state index is 0.00451. The Bertz CT molecular complexity index is 1100. The topological polar surface area (TPSA) is 82.6 Å². The number of carbonyl (C=O) groups is 1. The van der Waals surface area contributed by atoms with Crippen LogP contribution in [0.15, 0.2) is 30.5 Å². The summed E-state index contributed by atoms with van der Waals surface area (Å²) in [6.45, 7) is 8.96. The van der Waals surface area contributed by atoms with Crippen LogP contribution in [0.25, 0.3) is 0 Å². The van der Waals surface area contributed by atoms with Gasteiger partial charge >= 0.3 is 0 Å². The van der Waals surface area contributed by atoms with Crippen LogP contribution in [0.4, 0.5) is 5.82 Å². The first-order valence-electron chi connectivity index (χ1n) is 11.2. The number of pyridine rings is 1. The van der Waals surface area contributed by atoms with Crippen molar-refractivity contribution in [1.82, 2.24) is 14.6 Å². The summed E-state index contributed by atoms with van der Waals surface area (Å²) in [6.07, 6.45) is 5.74. The summed E-state index contributed by atoms with van der Waals surface area (Å²) < 4.78 is 25.4. The van der Waals surface area contributed by atoms with E-state index >= 15 is 0 Å². The third-order valence-corrected chi connectivity index (χ3v) is 7.37. The summed E-state index contributed by atoms with van der Waals surface area (Å²) in [7, 11) is -3.29. The molecule has 2 heterocycles. The van der Waals surface area contributed by atoms with Gasteiger partial charge in [0.25, 0.3) is 5.91 Å². The van der Waals surface area contributed by atoms with Gasteiger partial charge in [0.2, 0.25) is 10.0 Å². The van der Waals surface area contributed by atoms with Gasteiger partial charge in [-0.15, -0.1) is 0 Å². The smallest absolute Gasteiger partial charge is 0.253 e. The molecule has 0 unspecified atom stereocenters. The van der Waals surface area contributed by atoms with Crippen LogP contribution in [0.1, 0.15) is 64.3 Å². The van der Waals surface area contributed by atoms with Crippen LogP contribution in [0.2, 0.25) is 0 Å². The first-order valence-corrected chi connectivity index (χ1v) is 13.1. The molecule has 0 radical (unpaired) electrons. The molecular weight excluding hydrogens is 424 g/mol. The van der Waals surface area contributed by atoms with Gasteiger partial charge in [-0.25, -0.2) is 18.1 Å². The predicted octanol–water partition coefficient (Wildman–Crippen LogP) is 3.15. The highest BCUT2D eigenvalue weighted by Gasteiger charge is 2.28. The minimum Gasteiger partial charge on any atom is -0.353 e. The lowest BCUT2D eigenvalue weighted by Gasteiger charge is -2.36. The third-order valence-electron chi connectivity index (χ3n) is 6.59. The van der Waals surface area contributed by atoms with Gasteiger partial charge < -0.3 is 9.80 Å². The van der Waals surface area contributed by atoms with Gasteiger partial charge in [-0.1, -0.05) is 12.1 Å². The van der Waals surface area contributed by atoms with Gasteiger partial charge in [0.05, 0.1) is 6.26 Å². The van der Waals surface area contributed by atoms with E-state index in [4.69, 9.17) is 4.98 Å². The van der Waals surface area contributed by atoms with Crippen LogP contribution in [-0.2, 0) is 10.0 Å². The number of hydrogen-bond acceptors (Lipinski definition) is 5. The molecule has 2 aromatic rings. The van der Waals surface area contributed by atoms with E-state index in [2.05, 4.69) is 23.5 Å². The fraction of sp³-hybridized carbons (Fsp3) is 0.500. The van der Waals surface area contributed by atoms with Gasteiger partial charge in [0, 0.05) is 44.0 Å². The average Bonchev–Trinajstić information content (AvgIpc) is 3.59. The number of rotatable bonds is 6. The second kappa shape index (κ2) is 8.83. The molecule has 1 aliphatic carbocycles. The van der Waals surface area contributed by atoms with Crippen molar-refractivity contribution in [3.63, 3.8) is 0 Å². The van der Waals surface area contributed by atoms with Crippen LogP contribution >= 0.6 is 0 Å². The van der Waals surface area contributed by atoms with Crippen LogP contribution in [-0.4, -0.2) is 56.6 Å². The Kier molecular flexibility index (Phi) is 6.27. The molecular formula is C24H32N4O3S. The number of sulfonamides is 1. The van der Waals surface area contributed by atoms with Crippen molar-refractivity contribution in [1.29, 1.82) is 0 Å². The molecule has 1 aliphatic heterocycles. The lowest BCUT2D eigenvalue weighted by molar-refractivity contribution is 0.0746. The Balaban J connectivity index is 1.38. The number of benzene rings is 1. The maximum Gasteiger partial charge on any atom is 0.253 e. The second-order valence-electron chi connectivity index (χ2n) is 9.07. The summed E-state index contributed by atoms with van der Waals surface area (Å²) >= 11 is 0. The van der Waals surface area contributed by atoms with E-state index in [1.807, 2.05) is 23.2 Å². The SMILES string of the molecule is Cc1c(C2CC2)cnc(N2CCN(C(=O)c3ccc([C@H](C)NS(C)(=O)=O)cc3)CC2)c1C. The van der Waals surface area contributed by atoms with Gasteiger partial charge in [-0.05, 0) is 73.9 Å². The van der Waals surface area contributed by atoms with E-state index in [9.17, 15) is 13.2 Å². The number of hydrogen-bond donors (Lipinski definition) is 1. The van der Waals surface area contributed by atoms with E-state index in [0.29, 0.717) is 24.6 Å². The first kappa shape index (κ1) is 22.7. The Hall–Kier alpha value is -2.45. The summed E-state index contributed by atoms with van der Waals surface area (Å²) in [5.74, 6) is 1.74. The number of amides is 1. The molecule has 1 saturated carbocycles. The van der Waals surface area contributed by atoms with E-state index in [1.54, 1.807) is 19.1 Å². The standard InChI is InChI=1S/C24H32N4O3S/c1-16-17(2)23(25-15-22(16)20-7-8-20)27-11-13-28(14-12-27)24(29)21-9-5-19(6-10-21)18(3)26-32(4,30)31/h5-6,9-10,15,18,20,26H,7-8,11-14H2,1-4H3/t18-/m0/s1.